The first-order valence-corrected chi connectivity index (χ1v) is 6.07. The molecule has 0 atom stereocenters. The molecule has 0 radical (unpaired) electrons. The number of hydrogen-bond acceptors (Lipinski definition) is 3. The van der Waals surface area contributed by atoms with Gasteiger partial charge in [-0.1, -0.05) is 18.2 Å². The molecular formula is C15H14N4. The molecule has 0 aliphatic carbocycles. The summed E-state index contributed by atoms with van der Waals surface area (Å²) in [6.45, 7) is 2.03. The molecule has 0 amide bonds. The zero-order valence-corrected chi connectivity index (χ0v) is 10.6. The zero-order valence-electron chi connectivity index (χ0n) is 10.6. The zero-order chi connectivity index (χ0) is 13.2. The van der Waals surface area contributed by atoms with Crippen LogP contribution in [0.2, 0.25) is 0 Å². The number of aromatic nitrogens is 3. The SMILES string of the molecule is Cc1cccnc1-n1ccnc1-c1cccc(N)c1. The fourth-order valence-electron chi connectivity index (χ4n) is 2.10. The molecule has 0 saturated carbocycles. The second kappa shape index (κ2) is 4.57. The number of pyridine rings is 1. The molecule has 4 nitrogen and oxygen atoms in total. The lowest BCUT2D eigenvalue weighted by molar-refractivity contribution is 0.984. The quantitative estimate of drug-likeness (QED) is 0.711. The highest BCUT2D eigenvalue weighted by atomic mass is 15.1. The maximum absolute atomic E-state index is 5.83. The van der Waals surface area contributed by atoms with Crippen molar-refractivity contribution in [3.8, 4) is 17.2 Å². The van der Waals surface area contributed by atoms with Crippen LogP contribution < -0.4 is 5.73 Å². The van der Waals surface area contributed by atoms with E-state index in [4.69, 9.17) is 5.73 Å². The van der Waals surface area contributed by atoms with Crippen molar-refractivity contribution in [2.75, 3.05) is 5.73 Å². The average molecular weight is 250 g/mol. The van der Waals surface area contributed by atoms with Gasteiger partial charge in [-0.05, 0) is 30.7 Å². The number of aryl methyl sites for hydroxylation is 1. The van der Waals surface area contributed by atoms with Gasteiger partial charge in [0, 0.05) is 29.8 Å². The molecule has 4 heteroatoms. The topological polar surface area (TPSA) is 56.7 Å². The van der Waals surface area contributed by atoms with Gasteiger partial charge in [-0.2, -0.15) is 0 Å². The number of nitrogens with zero attached hydrogens (tertiary/aromatic N) is 3. The van der Waals surface area contributed by atoms with Crippen molar-refractivity contribution in [3.63, 3.8) is 0 Å². The van der Waals surface area contributed by atoms with E-state index < -0.39 is 0 Å². The lowest BCUT2D eigenvalue weighted by Crippen LogP contribution is -2.01. The van der Waals surface area contributed by atoms with Gasteiger partial charge >= 0.3 is 0 Å². The van der Waals surface area contributed by atoms with Crippen LogP contribution >= 0.6 is 0 Å². The van der Waals surface area contributed by atoms with Crippen molar-refractivity contribution in [1.29, 1.82) is 0 Å². The normalized spacial score (nSPS) is 10.6. The minimum absolute atomic E-state index is 0.727. The fourth-order valence-corrected chi connectivity index (χ4v) is 2.10. The van der Waals surface area contributed by atoms with E-state index in [1.54, 1.807) is 12.4 Å². The van der Waals surface area contributed by atoms with Crippen molar-refractivity contribution >= 4 is 5.69 Å². The third-order valence-electron chi connectivity index (χ3n) is 3.00. The van der Waals surface area contributed by atoms with Crippen molar-refractivity contribution in [1.82, 2.24) is 14.5 Å². The summed E-state index contributed by atoms with van der Waals surface area (Å²) >= 11 is 0. The molecule has 3 aromatic rings. The van der Waals surface area contributed by atoms with Gasteiger partial charge in [0.2, 0.25) is 0 Å². The van der Waals surface area contributed by atoms with Gasteiger partial charge in [-0.3, -0.25) is 4.57 Å². The molecule has 0 bridgehead atoms. The smallest absolute Gasteiger partial charge is 0.145 e. The van der Waals surface area contributed by atoms with Crippen LogP contribution in [0.1, 0.15) is 5.56 Å². The van der Waals surface area contributed by atoms with E-state index in [9.17, 15) is 0 Å². The molecule has 0 fully saturated rings. The number of anilines is 1. The Morgan fingerprint density at radius 1 is 1.05 bits per heavy atom. The highest BCUT2D eigenvalue weighted by molar-refractivity contribution is 5.63. The molecule has 94 valence electrons. The van der Waals surface area contributed by atoms with Crippen molar-refractivity contribution < 1.29 is 0 Å². The Bertz CT molecular complexity index is 715. The number of nitrogen functional groups attached to an aromatic ring is 1. The summed E-state index contributed by atoms with van der Waals surface area (Å²) in [6.07, 6.45) is 5.46. The minimum atomic E-state index is 0.727. The van der Waals surface area contributed by atoms with Crippen LogP contribution in [0.3, 0.4) is 0 Å². The van der Waals surface area contributed by atoms with Gasteiger partial charge in [0.1, 0.15) is 11.6 Å². The monoisotopic (exact) mass is 250 g/mol. The van der Waals surface area contributed by atoms with Crippen LogP contribution in [0.4, 0.5) is 5.69 Å². The van der Waals surface area contributed by atoms with Gasteiger partial charge in [0.25, 0.3) is 0 Å². The predicted molar refractivity (Wildman–Crippen MR) is 75.9 cm³/mol. The molecule has 19 heavy (non-hydrogen) atoms. The highest BCUT2D eigenvalue weighted by Gasteiger charge is 2.10. The standard InChI is InChI=1S/C15H14N4/c1-11-4-3-7-17-14(11)19-9-8-18-15(19)12-5-2-6-13(16)10-12/h2-10H,16H2,1H3. The van der Waals surface area contributed by atoms with E-state index in [1.807, 2.05) is 54.1 Å². The summed E-state index contributed by atoms with van der Waals surface area (Å²) in [5.74, 6) is 1.73. The summed E-state index contributed by atoms with van der Waals surface area (Å²) in [5.41, 5.74) is 8.64. The number of benzene rings is 1. The Morgan fingerprint density at radius 2 is 1.95 bits per heavy atom. The van der Waals surface area contributed by atoms with Crippen molar-refractivity contribution in [2.24, 2.45) is 0 Å². The molecule has 0 spiro atoms. The number of rotatable bonds is 2. The van der Waals surface area contributed by atoms with Crippen LogP contribution in [0.25, 0.3) is 17.2 Å². The minimum Gasteiger partial charge on any atom is -0.399 e. The second-order valence-electron chi connectivity index (χ2n) is 4.39. The van der Waals surface area contributed by atoms with Crippen molar-refractivity contribution in [3.05, 3.63) is 60.6 Å². The number of imidazole rings is 1. The summed E-state index contributed by atoms with van der Waals surface area (Å²) in [7, 11) is 0. The first kappa shape index (κ1) is 11.5. The van der Waals surface area contributed by atoms with E-state index in [0.29, 0.717) is 0 Å². The summed E-state index contributed by atoms with van der Waals surface area (Å²) < 4.78 is 1.98. The molecule has 1 aromatic carbocycles. The molecule has 0 aliphatic heterocycles. The van der Waals surface area contributed by atoms with Gasteiger partial charge in [0.15, 0.2) is 0 Å². The lowest BCUT2D eigenvalue weighted by atomic mass is 10.2. The van der Waals surface area contributed by atoms with Crippen LogP contribution in [0.5, 0.6) is 0 Å². The molecule has 3 rings (SSSR count). The molecular weight excluding hydrogens is 236 g/mol. The Balaban J connectivity index is 2.16. The van der Waals surface area contributed by atoms with Crippen LogP contribution in [0.15, 0.2) is 55.0 Å². The van der Waals surface area contributed by atoms with Crippen LogP contribution in [-0.2, 0) is 0 Å². The second-order valence-corrected chi connectivity index (χ2v) is 4.39. The van der Waals surface area contributed by atoms with Gasteiger partial charge in [0.05, 0.1) is 0 Å². The van der Waals surface area contributed by atoms with E-state index >= 15 is 0 Å². The average Bonchev–Trinajstić information content (AvgIpc) is 2.88. The molecule has 0 saturated heterocycles. The van der Waals surface area contributed by atoms with E-state index in [2.05, 4.69) is 9.97 Å². The summed E-state index contributed by atoms with van der Waals surface area (Å²) in [4.78, 5) is 8.83. The van der Waals surface area contributed by atoms with E-state index in [1.165, 1.54) is 0 Å². The van der Waals surface area contributed by atoms with E-state index in [-0.39, 0.29) is 0 Å². The summed E-state index contributed by atoms with van der Waals surface area (Å²) in [6, 6.07) is 11.7. The van der Waals surface area contributed by atoms with Crippen LogP contribution in [-0.4, -0.2) is 14.5 Å². The summed E-state index contributed by atoms with van der Waals surface area (Å²) in [5, 5.41) is 0. The maximum Gasteiger partial charge on any atom is 0.145 e. The van der Waals surface area contributed by atoms with Gasteiger partial charge in [-0.15, -0.1) is 0 Å². The fraction of sp³-hybridized carbons (Fsp3) is 0.0667. The first-order chi connectivity index (χ1) is 9.25. The highest BCUT2D eigenvalue weighted by Crippen LogP contribution is 2.23. The number of hydrogen-bond donors (Lipinski definition) is 1. The number of nitrogens with two attached hydrogens (primary N) is 1. The Morgan fingerprint density at radius 3 is 2.74 bits per heavy atom. The van der Waals surface area contributed by atoms with Crippen molar-refractivity contribution in [2.45, 2.75) is 6.92 Å². The maximum atomic E-state index is 5.83. The predicted octanol–water partition coefficient (Wildman–Crippen LogP) is 2.82. The third-order valence-corrected chi connectivity index (χ3v) is 3.00. The van der Waals surface area contributed by atoms with Gasteiger partial charge < -0.3 is 5.73 Å². The third kappa shape index (κ3) is 2.08. The Kier molecular flexibility index (Phi) is 2.76. The molecule has 2 aromatic heterocycles. The molecule has 0 unspecified atom stereocenters. The van der Waals surface area contributed by atoms with E-state index in [0.717, 1.165) is 28.5 Å². The largest absolute Gasteiger partial charge is 0.399 e. The Labute approximate surface area is 111 Å². The lowest BCUT2D eigenvalue weighted by Gasteiger charge is -2.09. The molecule has 2 N–H and O–H groups in total. The van der Waals surface area contributed by atoms with Crippen LogP contribution in [0, 0.1) is 6.92 Å². The first-order valence-electron chi connectivity index (χ1n) is 6.07. The molecule has 0 aliphatic rings. The molecule has 2 heterocycles. The van der Waals surface area contributed by atoms with Gasteiger partial charge in [-0.25, -0.2) is 9.97 Å². The Hall–Kier alpha value is -2.62.